The molecular formula is C12H22N2. The Balaban J connectivity index is 4.65. The minimum absolute atomic E-state index is 1.01. The van der Waals surface area contributed by atoms with Gasteiger partial charge in [-0.1, -0.05) is 19.9 Å². The number of nitrogens with zero attached hydrogens (tertiary/aromatic N) is 1. The van der Waals surface area contributed by atoms with Crippen LogP contribution in [-0.2, 0) is 0 Å². The molecule has 0 radical (unpaired) electrons. The van der Waals surface area contributed by atoms with Gasteiger partial charge in [0.05, 0.1) is 11.4 Å². The molecule has 0 aromatic rings. The molecule has 0 aliphatic rings. The first-order valence-electron chi connectivity index (χ1n) is 5.20. The number of hydrogen-bond donors (Lipinski definition) is 1. The van der Waals surface area contributed by atoms with E-state index < -0.39 is 0 Å². The molecule has 0 saturated carbocycles. The molecule has 0 aliphatic carbocycles. The summed E-state index contributed by atoms with van der Waals surface area (Å²) in [5.41, 5.74) is 3.53. The van der Waals surface area contributed by atoms with Crippen LogP contribution in [0.2, 0.25) is 0 Å². The lowest BCUT2D eigenvalue weighted by Crippen LogP contribution is -2.15. The first-order chi connectivity index (χ1) is 6.67. The molecule has 0 aromatic heterocycles. The van der Waals surface area contributed by atoms with Crippen LogP contribution in [0.1, 0.15) is 40.0 Å². The quantitative estimate of drug-likeness (QED) is 0.645. The maximum absolute atomic E-state index is 4.19. The van der Waals surface area contributed by atoms with Crippen molar-refractivity contribution in [1.82, 2.24) is 5.32 Å². The van der Waals surface area contributed by atoms with Crippen LogP contribution in [0.15, 0.2) is 29.0 Å². The highest BCUT2D eigenvalue weighted by atomic mass is 14.9. The number of allylic oxidation sites excluding steroid dienone is 2. The van der Waals surface area contributed by atoms with Gasteiger partial charge < -0.3 is 5.32 Å². The molecule has 2 heteroatoms. The summed E-state index contributed by atoms with van der Waals surface area (Å²) in [7, 11) is 1.94. The average molecular weight is 194 g/mol. The molecule has 0 aliphatic heterocycles. The van der Waals surface area contributed by atoms with Gasteiger partial charge in [-0.15, -0.1) is 0 Å². The number of hydrogen-bond acceptors (Lipinski definition) is 2. The summed E-state index contributed by atoms with van der Waals surface area (Å²) in [5, 5.41) is 3.20. The molecule has 0 fully saturated rings. The lowest BCUT2D eigenvalue weighted by Gasteiger charge is -2.11. The largest absolute Gasteiger partial charge is 0.387 e. The smallest absolute Gasteiger partial charge is 0.0602 e. The molecular weight excluding hydrogens is 172 g/mol. The minimum atomic E-state index is 1.01. The Hall–Kier alpha value is -1.05. The predicted octanol–water partition coefficient (Wildman–Crippen LogP) is 3.27. The molecule has 0 unspecified atom stereocenters. The van der Waals surface area contributed by atoms with Gasteiger partial charge in [-0.05, 0) is 32.3 Å². The second kappa shape index (κ2) is 7.36. The molecule has 14 heavy (non-hydrogen) atoms. The molecule has 0 heterocycles. The standard InChI is InChI=1S/C12H22N2/c1-6-8-9-10(3)12(13-5)11(4)14-7-2/h7,13H,2,6,8-9H2,1,3-5H3/b12-10-,14-11-. The van der Waals surface area contributed by atoms with Crippen molar-refractivity contribution in [3.05, 3.63) is 24.0 Å². The van der Waals surface area contributed by atoms with Gasteiger partial charge in [0.2, 0.25) is 0 Å². The fourth-order valence-corrected chi connectivity index (χ4v) is 1.47. The molecule has 80 valence electrons. The highest BCUT2D eigenvalue weighted by Crippen LogP contribution is 2.11. The van der Waals surface area contributed by atoms with Crippen LogP contribution in [0.5, 0.6) is 0 Å². The van der Waals surface area contributed by atoms with E-state index in [2.05, 4.69) is 30.7 Å². The van der Waals surface area contributed by atoms with E-state index >= 15 is 0 Å². The Labute approximate surface area is 87.8 Å². The molecule has 0 bridgehead atoms. The molecule has 0 aromatic carbocycles. The summed E-state index contributed by atoms with van der Waals surface area (Å²) in [6.07, 6.45) is 5.18. The molecule has 0 spiro atoms. The zero-order valence-electron chi connectivity index (χ0n) is 9.85. The van der Waals surface area contributed by atoms with Gasteiger partial charge in [0.25, 0.3) is 0 Å². The third kappa shape index (κ3) is 4.26. The van der Waals surface area contributed by atoms with E-state index in [0.29, 0.717) is 0 Å². The third-order valence-corrected chi connectivity index (χ3v) is 2.23. The first-order valence-corrected chi connectivity index (χ1v) is 5.20. The Morgan fingerprint density at radius 3 is 2.50 bits per heavy atom. The highest BCUT2D eigenvalue weighted by Gasteiger charge is 2.03. The fraction of sp³-hybridized carbons (Fsp3) is 0.583. The third-order valence-electron chi connectivity index (χ3n) is 2.23. The van der Waals surface area contributed by atoms with E-state index in [9.17, 15) is 0 Å². The van der Waals surface area contributed by atoms with Gasteiger partial charge in [0, 0.05) is 13.2 Å². The summed E-state index contributed by atoms with van der Waals surface area (Å²) in [5.74, 6) is 0. The van der Waals surface area contributed by atoms with Crippen LogP contribution < -0.4 is 5.32 Å². The summed E-state index contributed by atoms with van der Waals surface area (Å²) in [4.78, 5) is 4.19. The maximum atomic E-state index is 4.19. The Morgan fingerprint density at radius 2 is 2.07 bits per heavy atom. The van der Waals surface area contributed by atoms with Crippen molar-refractivity contribution < 1.29 is 0 Å². The molecule has 0 atom stereocenters. The van der Waals surface area contributed by atoms with Crippen molar-refractivity contribution in [3.8, 4) is 0 Å². The summed E-state index contributed by atoms with van der Waals surface area (Å²) < 4.78 is 0. The minimum Gasteiger partial charge on any atom is -0.387 e. The monoisotopic (exact) mass is 194 g/mol. The second-order valence-electron chi connectivity index (χ2n) is 3.41. The van der Waals surface area contributed by atoms with E-state index in [1.807, 2.05) is 14.0 Å². The predicted molar refractivity (Wildman–Crippen MR) is 64.6 cm³/mol. The zero-order chi connectivity index (χ0) is 11.0. The maximum Gasteiger partial charge on any atom is 0.0602 e. The van der Waals surface area contributed by atoms with Crippen molar-refractivity contribution in [2.24, 2.45) is 4.99 Å². The molecule has 2 nitrogen and oxygen atoms in total. The van der Waals surface area contributed by atoms with Crippen molar-refractivity contribution in [1.29, 1.82) is 0 Å². The van der Waals surface area contributed by atoms with Gasteiger partial charge >= 0.3 is 0 Å². The van der Waals surface area contributed by atoms with E-state index in [4.69, 9.17) is 0 Å². The molecule has 1 N–H and O–H groups in total. The van der Waals surface area contributed by atoms with Gasteiger partial charge in [-0.25, -0.2) is 0 Å². The number of aliphatic imine (C=N–C) groups is 1. The molecule has 0 amide bonds. The second-order valence-corrected chi connectivity index (χ2v) is 3.41. The molecule has 0 saturated heterocycles. The first kappa shape index (κ1) is 12.9. The van der Waals surface area contributed by atoms with E-state index in [1.165, 1.54) is 18.4 Å². The molecule has 0 rings (SSSR count). The lowest BCUT2D eigenvalue weighted by molar-refractivity contribution is 0.776. The van der Waals surface area contributed by atoms with Crippen LogP contribution in [0.3, 0.4) is 0 Å². The Morgan fingerprint density at radius 1 is 1.43 bits per heavy atom. The van der Waals surface area contributed by atoms with Crippen molar-refractivity contribution in [3.63, 3.8) is 0 Å². The normalized spacial score (nSPS) is 13.6. The van der Waals surface area contributed by atoms with E-state index in [1.54, 1.807) is 6.20 Å². The van der Waals surface area contributed by atoms with Gasteiger partial charge in [0.15, 0.2) is 0 Å². The van der Waals surface area contributed by atoms with E-state index in [0.717, 1.165) is 17.8 Å². The van der Waals surface area contributed by atoms with Gasteiger partial charge in [-0.2, -0.15) is 0 Å². The highest BCUT2D eigenvalue weighted by molar-refractivity contribution is 5.98. The van der Waals surface area contributed by atoms with Crippen LogP contribution in [-0.4, -0.2) is 12.8 Å². The number of rotatable bonds is 6. The van der Waals surface area contributed by atoms with Crippen LogP contribution in [0.25, 0.3) is 0 Å². The average Bonchev–Trinajstić information content (AvgIpc) is 2.16. The SMILES string of the molecule is C=C/N=C(C)\C(NC)=C(/C)CCCC. The van der Waals surface area contributed by atoms with Crippen LogP contribution in [0, 0.1) is 0 Å². The fourth-order valence-electron chi connectivity index (χ4n) is 1.47. The summed E-state index contributed by atoms with van der Waals surface area (Å²) >= 11 is 0. The zero-order valence-corrected chi connectivity index (χ0v) is 9.85. The van der Waals surface area contributed by atoms with Crippen molar-refractivity contribution in [2.75, 3.05) is 7.05 Å². The Kier molecular flexibility index (Phi) is 6.81. The van der Waals surface area contributed by atoms with Crippen molar-refractivity contribution >= 4 is 5.71 Å². The summed E-state index contributed by atoms with van der Waals surface area (Å²) in [6.45, 7) is 9.97. The lowest BCUT2D eigenvalue weighted by atomic mass is 10.1. The number of unbranched alkanes of at least 4 members (excludes halogenated alkanes) is 1. The van der Waals surface area contributed by atoms with Gasteiger partial charge in [0.1, 0.15) is 0 Å². The van der Waals surface area contributed by atoms with Crippen LogP contribution in [0.4, 0.5) is 0 Å². The Bertz CT molecular complexity index is 237. The van der Waals surface area contributed by atoms with Crippen molar-refractivity contribution in [2.45, 2.75) is 40.0 Å². The van der Waals surface area contributed by atoms with E-state index in [-0.39, 0.29) is 0 Å². The summed E-state index contributed by atoms with van der Waals surface area (Å²) in [6, 6.07) is 0. The topological polar surface area (TPSA) is 24.4 Å². The van der Waals surface area contributed by atoms with Gasteiger partial charge in [-0.3, -0.25) is 4.99 Å². The van der Waals surface area contributed by atoms with Crippen LogP contribution >= 0.6 is 0 Å². The number of nitrogens with one attached hydrogen (secondary N) is 1.